The maximum absolute atomic E-state index is 12.0. The normalized spacial score (nSPS) is 18.1. The first kappa shape index (κ1) is 9.85. The SMILES string of the molecule is CC1(C)CCc2nc(C#N)ccc2C1=O. The van der Waals surface area contributed by atoms with Crippen LogP contribution in [0.3, 0.4) is 0 Å². The lowest BCUT2D eigenvalue weighted by Gasteiger charge is -2.28. The van der Waals surface area contributed by atoms with Gasteiger partial charge < -0.3 is 0 Å². The molecule has 0 fully saturated rings. The van der Waals surface area contributed by atoms with Gasteiger partial charge in [-0.1, -0.05) is 13.8 Å². The van der Waals surface area contributed by atoms with Crippen LogP contribution in [0.2, 0.25) is 0 Å². The Morgan fingerprint density at radius 3 is 2.87 bits per heavy atom. The number of carbonyl (C=O) groups is 1. The van der Waals surface area contributed by atoms with Crippen LogP contribution in [0.4, 0.5) is 0 Å². The summed E-state index contributed by atoms with van der Waals surface area (Å²) in [5, 5.41) is 8.71. The summed E-state index contributed by atoms with van der Waals surface area (Å²) in [5.41, 5.74) is 1.56. The molecule has 0 amide bonds. The Balaban J connectivity index is 2.52. The number of nitrogens with zero attached hydrogens (tertiary/aromatic N) is 2. The molecule has 15 heavy (non-hydrogen) atoms. The van der Waals surface area contributed by atoms with Crippen molar-refractivity contribution in [3.05, 3.63) is 29.1 Å². The third-order valence-electron chi connectivity index (χ3n) is 2.93. The third kappa shape index (κ3) is 1.52. The van der Waals surface area contributed by atoms with Gasteiger partial charge in [-0.3, -0.25) is 4.79 Å². The summed E-state index contributed by atoms with van der Waals surface area (Å²) in [4.78, 5) is 16.2. The number of nitriles is 1. The minimum absolute atomic E-state index is 0.140. The van der Waals surface area contributed by atoms with Crippen molar-refractivity contribution in [1.82, 2.24) is 4.98 Å². The number of rotatable bonds is 0. The number of carbonyl (C=O) groups excluding carboxylic acids is 1. The second-order valence-electron chi connectivity index (χ2n) is 4.52. The topological polar surface area (TPSA) is 53.8 Å². The maximum Gasteiger partial charge on any atom is 0.170 e. The Hall–Kier alpha value is -1.69. The third-order valence-corrected chi connectivity index (χ3v) is 2.93. The maximum atomic E-state index is 12.0. The molecule has 0 saturated heterocycles. The van der Waals surface area contributed by atoms with E-state index in [1.165, 1.54) is 0 Å². The van der Waals surface area contributed by atoms with Crippen LogP contribution in [-0.2, 0) is 6.42 Å². The van der Waals surface area contributed by atoms with Crippen LogP contribution < -0.4 is 0 Å². The zero-order valence-electron chi connectivity index (χ0n) is 8.87. The first-order chi connectivity index (χ1) is 7.04. The highest BCUT2D eigenvalue weighted by Gasteiger charge is 2.34. The van der Waals surface area contributed by atoms with E-state index in [-0.39, 0.29) is 11.2 Å². The molecule has 1 heterocycles. The van der Waals surface area contributed by atoms with Crippen LogP contribution in [-0.4, -0.2) is 10.8 Å². The molecule has 0 aromatic carbocycles. The summed E-state index contributed by atoms with van der Waals surface area (Å²) in [5.74, 6) is 0.140. The minimum atomic E-state index is -0.289. The van der Waals surface area contributed by atoms with E-state index in [1.54, 1.807) is 12.1 Å². The number of aromatic nitrogens is 1. The van der Waals surface area contributed by atoms with Gasteiger partial charge in [0.1, 0.15) is 11.8 Å². The predicted octanol–water partition coefficient (Wildman–Crippen LogP) is 2.11. The van der Waals surface area contributed by atoms with Crippen molar-refractivity contribution < 1.29 is 4.79 Å². The van der Waals surface area contributed by atoms with Gasteiger partial charge in [0.05, 0.1) is 5.69 Å². The van der Waals surface area contributed by atoms with Crippen molar-refractivity contribution in [3.63, 3.8) is 0 Å². The van der Waals surface area contributed by atoms with Crippen LogP contribution in [0, 0.1) is 16.7 Å². The molecule has 0 bridgehead atoms. The Bertz CT molecular complexity index is 469. The molecular weight excluding hydrogens is 188 g/mol. The van der Waals surface area contributed by atoms with Gasteiger partial charge in [0.25, 0.3) is 0 Å². The largest absolute Gasteiger partial charge is 0.294 e. The van der Waals surface area contributed by atoms with Gasteiger partial charge in [0, 0.05) is 11.0 Å². The van der Waals surface area contributed by atoms with E-state index in [9.17, 15) is 4.79 Å². The first-order valence-electron chi connectivity index (χ1n) is 4.99. The molecule has 1 aliphatic carbocycles. The van der Waals surface area contributed by atoms with Crippen LogP contribution in [0.25, 0.3) is 0 Å². The molecule has 1 aromatic heterocycles. The van der Waals surface area contributed by atoms with Crippen LogP contribution in [0.15, 0.2) is 12.1 Å². The van der Waals surface area contributed by atoms with Gasteiger partial charge in [0.2, 0.25) is 0 Å². The van der Waals surface area contributed by atoms with Crippen molar-refractivity contribution in [3.8, 4) is 6.07 Å². The number of pyridine rings is 1. The highest BCUT2D eigenvalue weighted by atomic mass is 16.1. The zero-order valence-corrected chi connectivity index (χ0v) is 8.87. The number of aryl methyl sites for hydroxylation is 1. The van der Waals surface area contributed by atoms with Gasteiger partial charge in [0.15, 0.2) is 5.78 Å². The lowest BCUT2D eigenvalue weighted by molar-refractivity contribution is 0.0809. The average molecular weight is 200 g/mol. The Kier molecular flexibility index (Phi) is 2.08. The smallest absolute Gasteiger partial charge is 0.170 e. The van der Waals surface area contributed by atoms with Crippen LogP contribution in [0.5, 0.6) is 0 Å². The molecule has 1 aromatic rings. The number of hydrogen-bond donors (Lipinski definition) is 0. The average Bonchev–Trinajstić information content (AvgIpc) is 2.23. The quantitative estimate of drug-likeness (QED) is 0.644. The number of fused-ring (bicyclic) bond motifs is 1. The molecule has 0 unspecified atom stereocenters. The lowest BCUT2D eigenvalue weighted by atomic mass is 9.75. The van der Waals surface area contributed by atoms with Crippen molar-refractivity contribution in [2.45, 2.75) is 26.7 Å². The summed E-state index contributed by atoms with van der Waals surface area (Å²) >= 11 is 0. The summed E-state index contributed by atoms with van der Waals surface area (Å²) in [6.45, 7) is 3.91. The summed E-state index contributed by atoms with van der Waals surface area (Å²) in [7, 11) is 0. The van der Waals surface area contributed by atoms with Crippen molar-refractivity contribution in [2.75, 3.05) is 0 Å². The Labute approximate surface area is 88.8 Å². The van der Waals surface area contributed by atoms with Gasteiger partial charge in [-0.15, -0.1) is 0 Å². The number of hydrogen-bond acceptors (Lipinski definition) is 3. The molecule has 0 N–H and O–H groups in total. The molecule has 0 atom stereocenters. The van der Waals surface area contributed by atoms with E-state index in [2.05, 4.69) is 4.98 Å². The molecule has 3 nitrogen and oxygen atoms in total. The fourth-order valence-electron chi connectivity index (χ4n) is 1.87. The molecule has 0 saturated carbocycles. The van der Waals surface area contributed by atoms with Gasteiger partial charge >= 0.3 is 0 Å². The van der Waals surface area contributed by atoms with E-state index >= 15 is 0 Å². The van der Waals surface area contributed by atoms with Crippen LogP contribution >= 0.6 is 0 Å². The van der Waals surface area contributed by atoms with Crippen molar-refractivity contribution >= 4 is 5.78 Å². The molecule has 76 valence electrons. The van der Waals surface area contributed by atoms with Crippen molar-refractivity contribution in [1.29, 1.82) is 5.26 Å². The molecule has 0 radical (unpaired) electrons. The molecule has 0 aliphatic heterocycles. The Morgan fingerprint density at radius 2 is 2.20 bits per heavy atom. The van der Waals surface area contributed by atoms with Crippen molar-refractivity contribution in [2.24, 2.45) is 5.41 Å². The van der Waals surface area contributed by atoms with E-state index in [1.807, 2.05) is 19.9 Å². The molecule has 1 aliphatic rings. The van der Waals surface area contributed by atoms with Crippen LogP contribution in [0.1, 0.15) is 42.0 Å². The molecule has 3 heteroatoms. The summed E-state index contributed by atoms with van der Waals surface area (Å²) in [6.07, 6.45) is 1.59. The fourth-order valence-corrected chi connectivity index (χ4v) is 1.87. The summed E-state index contributed by atoms with van der Waals surface area (Å²) in [6, 6.07) is 5.33. The monoisotopic (exact) mass is 200 g/mol. The second-order valence-corrected chi connectivity index (χ2v) is 4.52. The second kappa shape index (κ2) is 3.16. The standard InChI is InChI=1S/C12H12N2O/c1-12(2)6-5-10-9(11(12)15)4-3-8(7-13)14-10/h3-4H,5-6H2,1-2H3. The van der Waals surface area contributed by atoms with Gasteiger partial charge in [-0.05, 0) is 25.0 Å². The lowest BCUT2D eigenvalue weighted by Crippen LogP contribution is -2.31. The highest BCUT2D eigenvalue weighted by Crippen LogP contribution is 2.33. The highest BCUT2D eigenvalue weighted by molar-refractivity contribution is 6.01. The number of ketones is 1. The van der Waals surface area contributed by atoms with E-state index in [4.69, 9.17) is 5.26 Å². The summed E-state index contributed by atoms with van der Waals surface area (Å²) < 4.78 is 0. The van der Waals surface area contributed by atoms with E-state index < -0.39 is 0 Å². The molecule has 0 spiro atoms. The predicted molar refractivity (Wildman–Crippen MR) is 55.4 cm³/mol. The first-order valence-corrected chi connectivity index (χ1v) is 4.99. The van der Waals surface area contributed by atoms with Gasteiger partial charge in [-0.25, -0.2) is 4.98 Å². The molecule has 2 rings (SSSR count). The minimum Gasteiger partial charge on any atom is -0.294 e. The van der Waals surface area contributed by atoms with E-state index in [0.29, 0.717) is 11.3 Å². The zero-order chi connectivity index (χ0) is 11.1. The molecular formula is C12H12N2O. The van der Waals surface area contributed by atoms with E-state index in [0.717, 1.165) is 18.5 Å². The Morgan fingerprint density at radius 1 is 1.47 bits per heavy atom. The number of Topliss-reactive ketones (excluding diaryl/α,β-unsaturated/α-hetero) is 1. The fraction of sp³-hybridized carbons (Fsp3) is 0.417. The van der Waals surface area contributed by atoms with Gasteiger partial charge in [-0.2, -0.15) is 5.26 Å².